The van der Waals surface area contributed by atoms with Gasteiger partial charge >= 0.3 is 0 Å². The molecule has 1 nitrogen and oxygen atoms in total. The second-order valence-electron chi connectivity index (χ2n) is 1.65. The van der Waals surface area contributed by atoms with Crippen molar-refractivity contribution in [2.75, 3.05) is 11.9 Å². The molecule has 48 valence electrons. The van der Waals surface area contributed by atoms with Crippen molar-refractivity contribution in [2.24, 2.45) is 0 Å². The molecule has 0 amide bonds. The average molecular weight is 139 g/mol. The van der Waals surface area contributed by atoms with E-state index < -0.39 is 0 Å². The van der Waals surface area contributed by atoms with Crippen LogP contribution in [0.5, 0.6) is 0 Å². The lowest BCUT2D eigenvalue weighted by molar-refractivity contribution is 1.37. The Morgan fingerprint density at radius 1 is 1.78 bits per heavy atom. The minimum Gasteiger partial charge on any atom is -0.373 e. The summed E-state index contributed by atoms with van der Waals surface area (Å²) in [6, 6.07) is 4.07. The lowest BCUT2D eigenvalue weighted by atomic mass is 10.6. The molecular formula is C7H9NS. The summed E-state index contributed by atoms with van der Waals surface area (Å²) in [4.78, 5) is 0. The third kappa shape index (κ3) is 1.90. The summed E-state index contributed by atoms with van der Waals surface area (Å²) < 4.78 is 0. The van der Waals surface area contributed by atoms with E-state index in [1.807, 2.05) is 23.6 Å². The molecule has 1 N–H and O–H groups in total. The SMILES string of the molecule is C=CCNc1cccs1. The number of hydrogen-bond acceptors (Lipinski definition) is 2. The van der Waals surface area contributed by atoms with Crippen molar-refractivity contribution < 1.29 is 0 Å². The molecule has 1 rings (SSSR count). The summed E-state index contributed by atoms with van der Waals surface area (Å²) in [5, 5.41) is 6.43. The second kappa shape index (κ2) is 3.30. The first-order chi connectivity index (χ1) is 4.43. The predicted octanol–water partition coefficient (Wildman–Crippen LogP) is 2.35. The fourth-order valence-corrected chi connectivity index (χ4v) is 1.18. The first-order valence-corrected chi connectivity index (χ1v) is 3.69. The van der Waals surface area contributed by atoms with Gasteiger partial charge in [0.2, 0.25) is 0 Å². The van der Waals surface area contributed by atoms with Gasteiger partial charge in [-0.25, -0.2) is 0 Å². The molecule has 1 aromatic heterocycles. The van der Waals surface area contributed by atoms with Gasteiger partial charge in [-0.05, 0) is 17.5 Å². The number of hydrogen-bond donors (Lipinski definition) is 1. The number of nitrogens with one attached hydrogen (secondary N) is 1. The highest BCUT2D eigenvalue weighted by Gasteiger charge is 1.85. The van der Waals surface area contributed by atoms with E-state index in [1.165, 1.54) is 5.00 Å². The number of rotatable bonds is 3. The van der Waals surface area contributed by atoms with Crippen LogP contribution in [0, 0.1) is 0 Å². The molecule has 0 unspecified atom stereocenters. The maximum absolute atomic E-state index is 3.60. The van der Waals surface area contributed by atoms with Gasteiger partial charge in [0.1, 0.15) is 0 Å². The zero-order valence-corrected chi connectivity index (χ0v) is 5.95. The molecule has 0 saturated carbocycles. The summed E-state index contributed by atoms with van der Waals surface area (Å²) in [6.07, 6.45) is 1.85. The van der Waals surface area contributed by atoms with E-state index in [0.29, 0.717) is 0 Å². The molecule has 0 aromatic carbocycles. The standard InChI is InChI=1S/C7H9NS/c1-2-5-8-7-4-3-6-9-7/h2-4,6,8H,1,5H2. The van der Waals surface area contributed by atoms with E-state index in [-0.39, 0.29) is 0 Å². The Labute approximate surface area is 59.0 Å². The van der Waals surface area contributed by atoms with Gasteiger partial charge < -0.3 is 5.32 Å². The van der Waals surface area contributed by atoms with Gasteiger partial charge in [0, 0.05) is 6.54 Å². The highest BCUT2D eigenvalue weighted by Crippen LogP contribution is 2.13. The van der Waals surface area contributed by atoms with Crippen LogP contribution in [0.15, 0.2) is 30.2 Å². The van der Waals surface area contributed by atoms with Gasteiger partial charge in [0.05, 0.1) is 5.00 Å². The Balaban J connectivity index is 2.38. The Bertz CT molecular complexity index is 167. The molecule has 0 radical (unpaired) electrons. The van der Waals surface area contributed by atoms with Gasteiger partial charge in [-0.2, -0.15) is 0 Å². The molecule has 0 spiro atoms. The largest absolute Gasteiger partial charge is 0.373 e. The van der Waals surface area contributed by atoms with Gasteiger partial charge in [-0.3, -0.25) is 0 Å². The summed E-state index contributed by atoms with van der Waals surface area (Å²) in [5.74, 6) is 0. The fourth-order valence-electron chi connectivity index (χ4n) is 0.552. The lowest BCUT2D eigenvalue weighted by Crippen LogP contribution is -1.93. The molecule has 1 aromatic rings. The summed E-state index contributed by atoms with van der Waals surface area (Å²) in [5.41, 5.74) is 0. The Hall–Kier alpha value is -0.760. The normalized spacial score (nSPS) is 8.89. The van der Waals surface area contributed by atoms with Crippen molar-refractivity contribution in [3.05, 3.63) is 30.2 Å². The van der Waals surface area contributed by atoms with Crippen molar-refractivity contribution >= 4 is 16.3 Å². The van der Waals surface area contributed by atoms with Crippen molar-refractivity contribution in [1.29, 1.82) is 0 Å². The van der Waals surface area contributed by atoms with Crippen molar-refractivity contribution in [2.45, 2.75) is 0 Å². The van der Waals surface area contributed by atoms with Crippen LogP contribution in [0.2, 0.25) is 0 Å². The molecule has 0 fully saturated rings. The molecule has 9 heavy (non-hydrogen) atoms. The minimum absolute atomic E-state index is 0.848. The van der Waals surface area contributed by atoms with E-state index in [4.69, 9.17) is 0 Å². The zero-order valence-electron chi connectivity index (χ0n) is 5.13. The average Bonchev–Trinajstić information content (AvgIpc) is 2.34. The first kappa shape index (κ1) is 6.36. The number of anilines is 1. The first-order valence-electron chi connectivity index (χ1n) is 2.82. The lowest BCUT2D eigenvalue weighted by Gasteiger charge is -1.94. The van der Waals surface area contributed by atoms with Crippen LogP contribution in [0.4, 0.5) is 5.00 Å². The molecule has 0 bridgehead atoms. The summed E-state index contributed by atoms with van der Waals surface area (Å²) >= 11 is 1.70. The monoisotopic (exact) mass is 139 g/mol. The Morgan fingerprint density at radius 3 is 3.22 bits per heavy atom. The van der Waals surface area contributed by atoms with Crippen LogP contribution in [0.25, 0.3) is 0 Å². The van der Waals surface area contributed by atoms with Crippen LogP contribution < -0.4 is 5.32 Å². The van der Waals surface area contributed by atoms with Gasteiger partial charge in [-0.1, -0.05) is 6.08 Å². The molecule has 2 heteroatoms. The van der Waals surface area contributed by atoms with E-state index >= 15 is 0 Å². The van der Waals surface area contributed by atoms with Crippen LogP contribution in [-0.2, 0) is 0 Å². The minimum atomic E-state index is 0.848. The quantitative estimate of drug-likeness (QED) is 0.634. The Morgan fingerprint density at radius 2 is 2.67 bits per heavy atom. The summed E-state index contributed by atoms with van der Waals surface area (Å²) in [6.45, 7) is 4.45. The molecule has 1 heterocycles. The molecule has 0 aliphatic heterocycles. The van der Waals surface area contributed by atoms with Crippen molar-refractivity contribution in [3.8, 4) is 0 Å². The second-order valence-corrected chi connectivity index (χ2v) is 2.59. The van der Waals surface area contributed by atoms with Crippen LogP contribution in [-0.4, -0.2) is 6.54 Å². The third-order valence-electron chi connectivity index (χ3n) is 0.942. The molecule has 0 saturated heterocycles. The molecule has 0 aliphatic carbocycles. The molecular weight excluding hydrogens is 130 g/mol. The predicted molar refractivity (Wildman–Crippen MR) is 43.0 cm³/mol. The van der Waals surface area contributed by atoms with Gasteiger partial charge in [0.25, 0.3) is 0 Å². The van der Waals surface area contributed by atoms with Crippen molar-refractivity contribution in [3.63, 3.8) is 0 Å². The van der Waals surface area contributed by atoms with Gasteiger partial charge in [0.15, 0.2) is 0 Å². The summed E-state index contributed by atoms with van der Waals surface area (Å²) in [7, 11) is 0. The van der Waals surface area contributed by atoms with E-state index in [9.17, 15) is 0 Å². The highest BCUT2D eigenvalue weighted by molar-refractivity contribution is 7.14. The third-order valence-corrected chi connectivity index (χ3v) is 1.77. The highest BCUT2D eigenvalue weighted by atomic mass is 32.1. The smallest absolute Gasteiger partial charge is 0.0884 e. The van der Waals surface area contributed by atoms with Crippen LogP contribution in [0.3, 0.4) is 0 Å². The maximum Gasteiger partial charge on any atom is 0.0884 e. The fraction of sp³-hybridized carbons (Fsp3) is 0.143. The maximum atomic E-state index is 3.60. The molecule has 0 aliphatic rings. The van der Waals surface area contributed by atoms with Crippen LogP contribution >= 0.6 is 11.3 Å². The van der Waals surface area contributed by atoms with Crippen molar-refractivity contribution in [1.82, 2.24) is 0 Å². The van der Waals surface area contributed by atoms with E-state index in [0.717, 1.165) is 6.54 Å². The Kier molecular flexibility index (Phi) is 2.33. The molecule has 0 atom stereocenters. The van der Waals surface area contributed by atoms with E-state index in [1.54, 1.807) is 11.3 Å². The zero-order chi connectivity index (χ0) is 6.53. The van der Waals surface area contributed by atoms with E-state index in [2.05, 4.69) is 11.9 Å². The topological polar surface area (TPSA) is 12.0 Å². The van der Waals surface area contributed by atoms with Crippen LogP contribution in [0.1, 0.15) is 0 Å². The van der Waals surface area contributed by atoms with Gasteiger partial charge in [-0.15, -0.1) is 17.9 Å². The number of thiophene rings is 1.